The zero-order valence-corrected chi connectivity index (χ0v) is 18.3. The van der Waals surface area contributed by atoms with E-state index in [-0.39, 0.29) is 35.5 Å². The highest BCUT2D eigenvalue weighted by molar-refractivity contribution is 6.00. The lowest BCUT2D eigenvalue weighted by atomic mass is 9.66. The lowest BCUT2D eigenvalue weighted by molar-refractivity contribution is -0.378. The van der Waals surface area contributed by atoms with Gasteiger partial charge in [0.15, 0.2) is 17.3 Å². The summed E-state index contributed by atoms with van der Waals surface area (Å²) in [6.45, 7) is 3.42. The van der Waals surface area contributed by atoms with Gasteiger partial charge in [-0.05, 0) is 23.1 Å². The number of halogens is 3. The van der Waals surface area contributed by atoms with Crippen molar-refractivity contribution in [2.45, 2.75) is 44.6 Å². The van der Waals surface area contributed by atoms with Crippen LogP contribution in [-0.4, -0.2) is 50.2 Å². The van der Waals surface area contributed by atoms with Crippen LogP contribution in [0.15, 0.2) is 29.5 Å². The minimum atomic E-state index is -5.36. The Kier molecular flexibility index (Phi) is 5.97. The van der Waals surface area contributed by atoms with Crippen molar-refractivity contribution in [1.29, 1.82) is 0 Å². The molecule has 1 aromatic rings. The summed E-state index contributed by atoms with van der Waals surface area (Å²) in [6.07, 6.45) is -5.34. The van der Waals surface area contributed by atoms with Gasteiger partial charge in [-0.2, -0.15) is 13.2 Å². The molecule has 1 heterocycles. The monoisotopic (exact) mass is 458 g/mol. The molecule has 3 atom stereocenters. The summed E-state index contributed by atoms with van der Waals surface area (Å²) < 4.78 is 62.5. The van der Waals surface area contributed by atoms with Crippen LogP contribution < -0.4 is 9.47 Å². The van der Waals surface area contributed by atoms with Crippen LogP contribution in [0.5, 0.6) is 11.5 Å². The van der Waals surface area contributed by atoms with E-state index in [1.807, 2.05) is 0 Å². The zero-order valence-electron chi connectivity index (χ0n) is 18.3. The summed E-state index contributed by atoms with van der Waals surface area (Å²) in [5.74, 6) is -9.30. The van der Waals surface area contributed by atoms with Crippen molar-refractivity contribution in [1.82, 2.24) is 0 Å². The second kappa shape index (κ2) is 7.99. The summed E-state index contributed by atoms with van der Waals surface area (Å²) in [7, 11) is 3.63. The number of aliphatic hydroxyl groups is 1. The third-order valence-corrected chi connectivity index (χ3v) is 5.85. The largest absolute Gasteiger partial charge is 0.493 e. The van der Waals surface area contributed by atoms with Crippen molar-refractivity contribution < 1.29 is 46.8 Å². The predicted molar refractivity (Wildman–Crippen MR) is 105 cm³/mol. The van der Waals surface area contributed by atoms with Gasteiger partial charge in [-0.3, -0.25) is 9.59 Å². The number of alkyl halides is 3. The number of carbonyl (C=O) groups is 2. The molecule has 1 aromatic carbocycles. The Morgan fingerprint density at radius 1 is 1.12 bits per heavy atom. The first-order valence-electron chi connectivity index (χ1n) is 9.83. The Hall–Kier alpha value is -2.75. The predicted octanol–water partition coefficient (Wildman–Crippen LogP) is 3.50. The number of allylic oxidation sites excluding steroid dienone is 2. The molecule has 0 saturated heterocycles. The second-order valence-electron chi connectivity index (χ2n) is 8.67. The molecule has 0 amide bonds. The van der Waals surface area contributed by atoms with E-state index in [4.69, 9.17) is 14.2 Å². The van der Waals surface area contributed by atoms with Crippen LogP contribution >= 0.6 is 0 Å². The summed E-state index contributed by atoms with van der Waals surface area (Å²) in [5, 5.41) is 10.8. The number of hydrogen-bond donors (Lipinski definition) is 1. The molecular weight excluding hydrogens is 433 g/mol. The van der Waals surface area contributed by atoms with Gasteiger partial charge in [0.25, 0.3) is 0 Å². The van der Waals surface area contributed by atoms with Gasteiger partial charge in [0, 0.05) is 24.3 Å². The number of Topliss-reactive ketones (excluding diaryl/α,β-unsaturated/α-hetero) is 1. The maximum absolute atomic E-state index is 14.1. The van der Waals surface area contributed by atoms with Gasteiger partial charge >= 0.3 is 17.9 Å². The summed E-state index contributed by atoms with van der Waals surface area (Å²) in [6, 6.07) is 4.24. The standard InChI is InChI=1S/C22H25F3O7/c1-20(2)9-12(26)17-15(10-20)32-21(28,22(23,24)25)18(19(27)31-5)16(17)11-6-7-13(29-3)14(8-11)30-4/h6-8,16,18,28H,9-10H2,1-5H3/t16-,18-,21+/m1/s1. The van der Waals surface area contributed by atoms with Crippen LogP contribution in [0.1, 0.15) is 38.2 Å². The summed E-state index contributed by atoms with van der Waals surface area (Å²) in [5.41, 5.74) is -0.631. The average molecular weight is 458 g/mol. The smallest absolute Gasteiger partial charge is 0.456 e. The molecule has 176 valence electrons. The maximum atomic E-state index is 14.1. The van der Waals surface area contributed by atoms with Crippen molar-refractivity contribution in [2.75, 3.05) is 21.3 Å². The van der Waals surface area contributed by atoms with E-state index in [1.165, 1.54) is 32.4 Å². The molecule has 32 heavy (non-hydrogen) atoms. The molecule has 0 unspecified atom stereocenters. The van der Waals surface area contributed by atoms with Gasteiger partial charge in [-0.25, -0.2) is 0 Å². The molecule has 7 nitrogen and oxygen atoms in total. The molecule has 3 rings (SSSR count). The van der Waals surface area contributed by atoms with Crippen molar-refractivity contribution in [3.63, 3.8) is 0 Å². The number of ketones is 1. The highest BCUT2D eigenvalue weighted by Gasteiger charge is 2.70. The Morgan fingerprint density at radius 2 is 1.75 bits per heavy atom. The molecule has 2 aliphatic rings. The normalized spacial score (nSPS) is 27.3. The van der Waals surface area contributed by atoms with E-state index in [0.29, 0.717) is 5.75 Å². The number of methoxy groups -OCH3 is 3. The Morgan fingerprint density at radius 3 is 2.28 bits per heavy atom. The van der Waals surface area contributed by atoms with E-state index in [9.17, 15) is 27.9 Å². The molecule has 10 heteroatoms. The first kappa shape index (κ1) is 23.9. The fourth-order valence-electron chi connectivity index (χ4n) is 4.42. The highest BCUT2D eigenvalue weighted by atomic mass is 19.4. The number of hydrogen-bond acceptors (Lipinski definition) is 7. The molecule has 1 aliphatic heterocycles. The number of carbonyl (C=O) groups excluding carboxylic acids is 2. The Labute approximate surface area is 183 Å². The van der Waals surface area contributed by atoms with Gasteiger partial charge in [-0.15, -0.1) is 0 Å². The molecule has 1 N–H and O–H groups in total. The number of esters is 1. The minimum Gasteiger partial charge on any atom is -0.493 e. The third-order valence-electron chi connectivity index (χ3n) is 5.85. The van der Waals surface area contributed by atoms with Crippen LogP contribution in [0.25, 0.3) is 0 Å². The second-order valence-corrected chi connectivity index (χ2v) is 8.67. The number of benzene rings is 1. The van der Waals surface area contributed by atoms with Crippen LogP contribution in [0, 0.1) is 11.3 Å². The Balaban J connectivity index is 2.34. The number of rotatable bonds is 4. The SMILES string of the molecule is COC(=O)[C@H]1[C@H](c2ccc(OC)c(OC)c2)C2=C(CC(C)(C)CC2=O)O[C@]1(O)C(F)(F)F. The van der Waals surface area contributed by atoms with Gasteiger partial charge < -0.3 is 24.1 Å². The average Bonchev–Trinajstić information content (AvgIpc) is 2.69. The quantitative estimate of drug-likeness (QED) is 0.691. The Bertz CT molecular complexity index is 967. The van der Waals surface area contributed by atoms with E-state index in [2.05, 4.69) is 4.74 Å². The van der Waals surface area contributed by atoms with Crippen molar-refractivity contribution in [2.24, 2.45) is 11.3 Å². The molecule has 0 aromatic heterocycles. The maximum Gasteiger partial charge on any atom is 0.456 e. The fourth-order valence-corrected chi connectivity index (χ4v) is 4.42. The molecule has 0 spiro atoms. The first-order chi connectivity index (χ1) is 14.8. The van der Waals surface area contributed by atoms with Crippen molar-refractivity contribution in [3.8, 4) is 11.5 Å². The molecule has 0 saturated carbocycles. The summed E-state index contributed by atoms with van der Waals surface area (Å²) in [4.78, 5) is 25.8. The van der Waals surface area contributed by atoms with Crippen LogP contribution in [0.3, 0.4) is 0 Å². The topological polar surface area (TPSA) is 91.3 Å². The van der Waals surface area contributed by atoms with Gasteiger partial charge in [0.05, 0.1) is 21.3 Å². The van der Waals surface area contributed by atoms with Gasteiger partial charge in [0.2, 0.25) is 0 Å². The molecule has 0 radical (unpaired) electrons. The fraction of sp³-hybridized carbons (Fsp3) is 0.545. The van der Waals surface area contributed by atoms with E-state index in [0.717, 1.165) is 7.11 Å². The summed E-state index contributed by atoms with van der Waals surface area (Å²) >= 11 is 0. The van der Waals surface area contributed by atoms with E-state index in [1.54, 1.807) is 13.8 Å². The molecule has 0 bridgehead atoms. The lowest BCUT2D eigenvalue weighted by Gasteiger charge is -2.47. The number of ether oxygens (including phenoxy) is 4. The van der Waals surface area contributed by atoms with E-state index < -0.39 is 41.0 Å². The molecule has 1 aliphatic carbocycles. The molecule has 0 fully saturated rings. The van der Waals surface area contributed by atoms with Crippen LogP contribution in [0.2, 0.25) is 0 Å². The van der Waals surface area contributed by atoms with Crippen LogP contribution in [0.4, 0.5) is 13.2 Å². The van der Waals surface area contributed by atoms with E-state index >= 15 is 0 Å². The zero-order chi connectivity index (χ0) is 24.1. The van der Waals surface area contributed by atoms with Gasteiger partial charge in [-0.1, -0.05) is 19.9 Å². The van der Waals surface area contributed by atoms with Crippen molar-refractivity contribution in [3.05, 3.63) is 35.1 Å². The third kappa shape index (κ3) is 3.80. The van der Waals surface area contributed by atoms with Crippen molar-refractivity contribution >= 4 is 11.8 Å². The highest BCUT2D eigenvalue weighted by Crippen LogP contribution is 2.56. The van der Waals surface area contributed by atoms with Crippen LogP contribution in [-0.2, 0) is 19.1 Å². The lowest BCUT2D eigenvalue weighted by Crippen LogP contribution is -2.61. The van der Waals surface area contributed by atoms with Gasteiger partial charge in [0.1, 0.15) is 11.7 Å². The minimum absolute atomic E-state index is 0.0237. The first-order valence-corrected chi connectivity index (χ1v) is 9.83. The molecular formula is C22H25F3O7.